The lowest BCUT2D eigenvalue weighted by atomic mass is 10.0. The van der Waals surface area contributed by atoms with Crippen molar-refractivity contribution in [1.29, 1.82) is 0 Å². The fraction of sp³-hybridized carbons (Fsp3) is 0.214. The van der Waals surface area contributed by atoms with E-state index in [-0.39, 0.29) is 4.88 Å². The maximum atomic E-state index is 11.1. The van der Waals surface area contributed by atoms with Crippen LogP contribution in [-0.4, -0.2) is 25.3 Å². The van der Waals surface area contributed by atoms with Crippen LogP contribution in [0.5, 0.6) is 11.5 Å². The van der Waals surface area contributed by atoms with E-state index < -0.39 is 5.97 Å². The Kier molecular flexibility index (Phi) is 4.20. The van der Waals surface area contributed by atoms with Crippen LogP contribution in [0.4, 0.5) is 0 Å². The number of carboxylic acid groups (broad SMARTS) is 1. The van der Waals surface area contributed by atoms with Crippen molar-refractivity contribution in [3.05, 3.63) is 33.0 Å². The van der Waals surface area contributed by atoms with E-state index in [1.54, 1.807) is 25.3 Å². The van der Waals surface area contributed by atoms with Gasteiger partial charge in [0.15, 0.2) is 0 Å². The first-order valence-corrected chi connectivity index (χ1v) is 6.93. The molecule has 0 aliphatic rings. The van der Waals surface area contributed by atoms with Crippen molar-refractivity contribution in [2.24, 2.45) is 0 Å². The molecule has 0 unspecified atom stereocenters. The lowest BCUT2D eigenvalue weighted by Gasteiger charge is -2.14. The summed E-state index contributed by atoms with van der Waals surface area (Å²) in [4.78, 5) is 12.2. The summed E-state index contributed by atoms with van der Waals surface area (Å²) in [6.45, 7) is 1.85. The molecule has 0 aliphatic carbocycles. The van der Waals surface area contributed by atoms with Crippen LogP contribution >= 0.6 is 22.9 Å². The first-order valence-electron chi connectivity index (χ1n) is 5.74. The van der Waals surface area contributed by atoms with Gasteiger partial charge in [-0.3, -0.25) is 0 Å². The van der Waals surface area contributed by atoms with Crippen LogP contribution < -0.4 is 9.47 Å². The summed E-state index contributed by atoms with van der Waals surface area (Å²) in [7, 11) is 3.07. The molecule has 0 bridgehead atoms. The number of carbonyl (C=O) groups is 1. The Hall–Kier alpha value is -1.72. The number of thiophene rings is 1. The Morgan fingerprint density at radius 2 is 2.00 bits per heavy atom. The van der Waals surface area contributed by atoms with E-state index in [4.69, 9.17) is 26.2 Å². The third kappa shape index (κ3) is 2.46. The first-order chi connectivity index (χ1) is 9.49. The van der Waals surface area contributed by atoms with Crippen LogP contribution in [0, 0.1) is 6.92 Å². The van der Waals surface area contributed by atoms with Crippen LogP contribution in [0.15, 0.2) is 18.2 Å². The second-order valence-corrected chi connectivity index (χ2v) is 5.71. The third-order valence-electron chi connectivity index (χ3n) is 2.89. The molecule has 1 aromatic heterocycles. The average molecular weight is 313 g/mol. The fourth-order valence-corrected chi connectivity index (χ4v) is 3.10. The Labute approximate surface area is 125 Å². The molecule has 1 aromatic carbocycles. The fourth-order valence-electron chi connectivity index (χ4n) is 2.00. The smallest absolute Gasteiger partial charge is 0.345 e. The quantitative estimate of drug-likeness (QED) is 0.923. The Morgan fingerprint density at radius 1 is 1.30 bits per heavy atom. The van der Waals surface area contributed by atoms with E-state index >= 15 is 0 Å². The topological polar surface area (TPSA) is 55.8 Å². The highest BCUT2D eigenvalue weighted by Crippen LogP contribution is 2.45. The number of halogens is 1. The minimum absolute atomic E-state index is 0.265. The number of rotatable bonds is 4. The molecule has 6 heteroatoms. The van der Waals surface area contributed by atoms with Gasteiger partial charge in [0.2, 0.25) is 0 Å². The van der Waals surface area contributed by atoms with E-state index in [2.05, 4.69) is 0 Å². The van der Waals surface area contributed by atoms with E-state index in [1.807, 2.05) is 6.92 Å². The highest BCUT2D eigenvalue weighted by Gasteiger charge is 2.21. The van der Waals surface area contributed by atoms with E-state index in [0.717, 1.165) is 10.4 Å². The number of hydrogen-bond donors (Lipinski definition) is 1. The van der Waals surface area contributed by atoms with Crippen LogP contribution in [0.1, 0.15) is 14.5 Å². The Balaban J connectivity index is 2.73. The van der Waals surface area contributed by atoms with Gasteiger partial charge in [-0.2, -0.15) is 0 Å². The van der Waals surface area contributed by atoms with Crippen LogP contribution in [0.2, 0.25) is 5.02 Å². The van der Waals surface area contributed by atoms with Gasteiger partial charge in [0.25, 0.3) is 0 Å². The second-order valence-electron chi connectivity index (χ2n) is 4.04. The lowest BCUT2D eigenvalue weighted by molar-refractivity contribution is 0.0702. The van der Waals surface area contributed by atoms with Crippen molar-refractivity contribution < 1.29 is 19.4 Å². The highest BCUT2D eigenvalue weighted by molar-refractivity contribution is 7.14. The second kappa shape index (κ2) is 5.73. The lowest BCUT2D eigenvalue weighted by Crippen LogP contribution is -1.94. The van der Waals surface area contributed by atoms with Crippen molar-refractivity contribution in [1.82, 2.24) is 0 Å². The summed E-state index contributed by atoms with van der Waals surface area (Å²) >= 11 is 7.34. The number of benzene rings is 1. The summed E-state index contributed by atoms with van der Waals surface area (Å²) in [6, 6.07) is 5.03. The average Bonchev–Trinajstić information content (AvgIpc) is 2.80. The van der Waals surface area contributed by atoms with Gasteiger partial charge in [-0.25, -0.2) is 4.79 Å². The van der Waals surface area contributed by atoms with Crippen molar-refractivity contribution >= 4 is 28.9 Å². The number of ether oxygens (including phenoxy) is 2. The molecule has 0 saturated heterocycles. The predicted octanol–water partition coefficient (Wildman–Crippen LogP) is 4.09. The molecule has 0 radical (unpaired) electrons. The van der Waals surface area contributed by atoms with Crippen LogP contribution in [0.3, 0.4) is 0 Å². The predicted molar refractivity (Wildman–Crippen MR) is 79.6 cm³/mol. The Bertz CT molecular complexity index is 663. The normalized spacial score (nSPS) is 10.4. The first kappa shape index (κ1) is 14.7. The zero-order chi connectivity index (χ0) is 14.9. The van der Waals surface area contributed by atoms with Crippen molar-refractivity contribution in [3.8, 4) is 22.6 Å². The summed E-state index contributed by atoms with van der Waals surface area (Å²) in [6.07, 6.45) is 0. The van der Waals surface area contributed by atoms with Gasteiger partial charge in [0, 0.05) is 10.4 Å². The molecule has 4 nitrogen and oxygen atoms in total. The van der Waals surface area contributed by atoms with Gasteiger partial charge in [0.05, 0.1) is 24.8 Å². The standard InChI is InChI=1S/C14H13ClO4S/c1-7-8(6-11(20-7)14(16)17)12-10(18-2)5-4-9(15)13(12)19-3/h4-6H,1-3H3,(H,16,17). The van der Waals surface area contributed by atoms with Crippen molar-refractivity contribution in [2.45, 2.75) is 6.92 Å². The molecule has 0 saturated carbocycles. The van der Waals surface area contributed by atoms with Gasteiger partial charge in [0.1, 0.15) is 16.4 Å². The Morgan fingerprint density at radius 3 is 2.50 bits per heavy atom. The number of aryl methyl sites for hydroxylation is 1. The molecular weight excluding hydrogens is 300 g/mol. The molecule has 1 N–H and O–H groups in total. The maximum absolute atomic E-state index is 11.1. The SMILES string of the molecule is COc1ccc(Cl)c(OC)c1-c1cc(C(=O)O)sc1C. The zero-order valence-corrected chi connectivity index (χ0v) is 12.8. The largest absolute Gasteiger partial charge is 0.496 e. The molecule has 0 atom stereocenters. The van der Waals surface area contributed by atoms with Gasteiger partial charge >= 0.3 is 5.97 Å². The molecule has 20 heavy (non-hydrogen) atoms. The molecule has 0 aliphatic heterocycles. The van der Waals surface area contributed by atoms with Crippen LogP contribution in [-0.2, 0) is 0 Å². The number of aromatic carboxylic acids is 1. The maximum Gasteiger partial charge on any atom is 0.345 e. The molecule has 106 valence electrons. The monoisotopic (exact) mass is 312 g/mol. The van der Waals surface area contributed by atoms with E-state index in [1.165, 1.54) is 18.4 Å². The van der Waals surface area contributed by atoms with Crippen molar-refractivity contribution in [3.63, 3.8) is 0 Å². The summed E-state index contributed by atoms with van der Waals surface area (Å²) in [5.74, 6) is 0.109. The van der Waals surface area contributed by atoms with Gasteiger partial charge < -0.3 is 14.6 Å². The summed E-state index contributed by atoms with van der Waals surface area (Å²) < 4.78 is 10.7. The van der Waals surface area contributed by atoms with Gasteiger partial charge in [-0.1, -0.05) is 11.6 Å². The molecular formula is C14H13ClO4S. The zero-order valence-electron chi connectivity index (χ0n) is 11.2. The molecule has 2 aromatic rings. The van der Waals surface area contributed by atoms with E-state index in [0.29, 0.717) is 22.1 Å². The summed E-state index contributed by atoms with van der Waals surface area (Å²) in [5.41, 5.74) is 1.42. The van der Waals surface area contributed by atoms with E-state index in [9.17, 15) is 4.79 Å². The molecule has 0 amide bonds. The van der Waals surface area contributed by atoms with Crippen LogP contribution in [0.25, 0.3) is 11.1 Å². The molecule has 0 spiro atoms. The molecule has 2 rings (SSSR count). The molecule has 1 heterocycles. The minimum atomic E-state index is -0.954. The molecule has 0 fully saturated rings. The highest BCUT2D eigenvalue weighted by atomic mass is 35.5. The van der Waals surface area contributed by atoms with Gasteiger partial charge in [-0.15, -0.1) is 11.3 Å². The number of methoxy groups -OCH3 is 2. The van der Waals surface area contributed by atoms with Crippen molar-refractivity contribution in [2.75, 3.05) is 14.2 Å². The third-order valence-corrected chi connectivity index (χ3v) is 4.23. The number of hydrogen-bond acceptors (Lipinski definition) is 4. The summed E-state index contributed by atoms with van der Waals surface area (Å²) in [5, 5.41) is 9.55. The van der Waals surface area contributed by atoms with Gasteiger partial charge in [-0.05, 0) is 25.1 Å². The number of carboxylic acids is 1. The minimum Gasteiger partial charge on any atom is -0.496 e.